The zero-order valence-corrected chi connectivity index (χ0v) is 14.9. The van der Waals surface area contributed by atoms with E-state index < -0.39 is 17.6 Å². The van der Waals surface area contributed by atoms with Crippen LogP contribution in [0.5, 0.6) is 0 Å². The molecule has 0 saturated heterocycles. The van der Waals surface area contributed by atoms with E-state index in [9.17, 15) is 18.0 Å². The van der Waals surface area contributed by atoms with E-state index in [1.165, 1.54) is 24.3 Å². The molecule has 0 unspecified atom stereocenters. The number of nitrogens with one attached hydrogen (secondary N) is 1. The van der Waals surface area contributed by atoms with Crippen molar-refractivity contribution in [2.45, 2.75) is 6.18 Å². The van der Waals surface area contributed by atoms with E-state index in [1.807, 2.05) is 0 Å². The molecule has 1 amide bonds. The van der Waals surface area contributed by atoms with Gasteiger partial charge in [-0.3, -0.25) is 4.79 Å². The molecule has 144 valence electrons. The van der Waals surface area contributed by atoms with Crippen LogP contribution in [0.15, 0.2) is 79.0 Å². The molecule has 2 heterocycles. The van der Waals surface area contributed by atoms with Crippen LogP contribution in [-0.4, -0.2) is 15.9 Å². The van der Waals surface area contributed by atoms with Gasteiger partial charge in [-0.1, -0.05) is 42.5 Å². The van der Waals surface area contributed by atoms with Gasteiger partial charge < -0.3 is 5.32 Å². The molecule has 0 aliphatic rings. The number of amides is 1. The second-order valence-corrected chi connectivity index (χ2v) is 6.29. The van der Waals surface area contributed by atoms with Gasteiger partial charge in [0.1, 0.15) is 5.82 Å². The number of rotatable bonds is 3. The summed E-state index contributed by atoms with van der Waals surface area (Å²) in [6.07, 6.45) is -2.97. The van der Waals surface area contributed by atoms with Crippen LogP contribution < -0.4 is 5.32 Å². The first-order valence-corrected chi connectivity index (χ1v) is 8.72. The Bertz CT molecular complexity index is 1190. The SMILES string of the molecule is O=C(Nc1ccccn1)c1cccc2ccc(-c3ccccc3C(F)(F)F)nc12. The predicted octanol–water partition coefficient (Wildman–Crippen LogP) is 5.57. The van der Waals surface area contributed by atoms with E-state index in [1.54, 1.807) is 48.7 Å². The molecule has 0 aliphatic heterocycles. The summed E-state index contributed by atoms with van der Waals surface area (Å²) in [7, 11) is 0. The summed E-state index contributed by atoms with van der Waals surface area (Å²) in [6.45, 7) is 0. The number of para-hydroxylation sites is 1. The third-order valence-electron chi connectivity index (χ3n) is 4.38. The summed E-state index contributed by atoms with van der Waals surface area (Å²) in [5.74, 6) is -0.0730. The predicted molar refractivity (Wildman–Crippen MR) is 104 cm³/mol. The van der Waals surface area contributed by atoms with Crippen LogP contribution >= 0.6 is 0 Å². The molecule has 1 N–H and O–H groups in total. The van der Waals surface area contributed by atoms with Crippen molar-refractivity contribution in [2.75, 3.05) is 5.32 Å². The van der Waals surface area contributed by atoms with Crippen molar-refractivity contribution < 1.29 is 18.0 Å². The maximum absolute atomic E-state index is 13.4. The van der Waals surface area contributed by atoms with Gasteiger partial charge in [0.15, 0.2) is 0 Å². The molecule has 0 fully saturated rings. The number of benzene rings is 2. The maximum Gasteiger partial charge on any atom is 0.417 e. The Labute approximate surface area is 164 Å². The lowest BCUT2D eigenvalue weighted by Gasteiger charge is -2.13. The van der Waals surface area contributed by atoms with Gasteiger partial charge >= 0.3 is 6.18 Å². The molecule has 29 heavy (non-hydrogen) atoms. The van der Waals surface area contributed by atoms with Crippen molar-refractivity contribution in [3.05, 3.63) is 90.1 Å². The van der Waals surface area contributed by atoms with Crippen LogP contribution in [0.4, 0.5) is 19.0 Å². The van der Waals surface area contributed by atoms with Crippen LogP contribution in [0.3, 0.4) is 0 Å². The van der Waals surface area contributed by atoms with Gasteiger partial charge in [0.2, 0.25) is 0 Å². The van der Waals surface area contributed by atoms with Crippen molar-refractivity contribution in [2.24, 2.45) is 0 Å². The first kappa shape index (κ1) is 18.6. The highest BCUT2D eigenvalue weighted by molar-refractivity contribution is 6.11. The van der Waals surface area contributed by atoms with Gasteiger partial charge in [-0.15, -0.1) is 0 Å². The highest BCUT2D eigenvalue weighted by Gasteiger charge is 2.33. The van der Waals surface area contributed by atoms with Gasteiger partial charge in [0, 0.05) is 17.1 Å². The Kier molecular flexibility index (Phi) is 4.72. The minimum absolute atomic E-state index is 0.0400. The fraction of sp³-hybridized carbons (Fsp3) is 0.0455. The lowest BCUT2D eigenvalue weighted by Crippen LogP contribution is -2.14. The summed E-state index contributed by atoms with van der Waals surface area (Å²) < 4.78 is 40.2. The number of pyridine rings is 2. The van der Waals surface area contributed by atoms with Gasteiger partial charge in [0.25, 0.3) is 5.91 Å². The van der Waals surface area contributed by atoms with Gasteiger partial charge in [0.05, 0.1) is 22.3 Å². The van der Waals surface area contributed by atoms with E-state index in [0.29, 0.717) is 16.7 Å². The lowest BCUT2D eigenvalue weighted by molar-refractivity contribution is -0.137. The Morgan fingerprint density at radius 1 is 0.862 bits per heavy atom. The van der Waals surface area contributed by atoms with Crippen LogP contribution in [0.2, 0.25) is 0 Å². The number of nitrogens with zero attached hydrogens (tertiary/aromatic N) is 2. The van der Waals surface area contributed by atoms with E-state index >= 15 is 0 Å². The average molecular weight is 393 g/mol. The summed E-state index contributed by atoms with van der Waals surface area (Å²) in [4.78, 5) is 21.2. The number of fused-ring (bicyclic) bond motifs is 1. The number of halogens is 3. The van der Waals surface area contributed by atoms with E-state index in [4.69, 9.17) is 0 Å². The van der Waals surface area contributed by atoms with E-state index in [0.717, 1.165) is 6.07 Å². The van der Waals surface area contributed by atoms with Crippen LogP contribution in [0.25, 0.3) is 22.2 Å². The van der Waals surface area contributed by atoms with E-state index in [2.05, 4.69) is 15.3 Å². The largest absolute Gasteiger partial charge is 0.417 e. The molecule has 4 rings (SSSR count). The topological polar surface area (TPSA) is 54.9 Å². The third kappa shape index (κ3) is 3.80. The molecular formula is C22H14F3N3O. The van der Waals surface area contributed by atoms with Crippen LogP contribution in [0, 0.1) is 0 Å². The highest BCUT2D eigenvalue weighted by Crippen LogP contribution is 2.36. The fourth-order valence-corrected chi connectivity index (χ4v) is 3.05. The minimum atomic E-state index is -4.51. The summed E-state index contributed by atoms with van der Waals surface area (Å²) >= 11 is 0. The lowest BCUT2D eigenvalue weighted by atomic mass is 10.0. The number of anilines is 1. The molecule has 0 spiro atoms. The van der Waals surface area contributed by atoms with Crippen molar-refractivity contribution in [3.63, 3.8) is 0 Å². The van der Waals surface area contributed by atoms with Crippen molar-refractivity contribution in [3.8, 4) is 11.3 Å². The normalized spacial score (nSPS) is 11.4. The number of carbonyl (C=O) groups excluding carboxylic acids is 1. The van der Waals surface area contributed by atoms with Crippen molar-refractivity contribution in [1.82, 2.24) is 9.97 Å². The maximum atomic E-state index is 13.4. The van der Waals surface area contributed by atoms with Gasteiger partial charge in [-0.05, 0) is 30.3 Å². The standard InChI is InChI=1S/C22H14F3N3O/c23-22(24,25)17-9-2-1-7-15(17)18-12-11-14-6-5-8-16(20(14)27-18)21(29)28-19-10-3-4-13-26-19/h1-13H,(H,26,28,29). The molecule has 4 nitrogen and oxygen atoms in total. The smallest absolute Gasteiger partial charge is 0.306 e. The fourth-order valence-electron chi connectivity index (χ4n) is 3.05. The Morgan fingerprint density at radius 2 is 1.66 bits per heavy atom. The number of hydrogen-bond acceptors (Lipinski definition) is 3. The summed E-state index contributed by atoms with van der Waals surface area (Å²) in [5.41, 5.74) is -0.109. The number of hydrogen-bond donors (Lipinski definition) is 1. The molecule has 2 aromatic heterocycles. The van der Waals surface area contributed by atoms with Gasteiger partial charge in [-0.2, -0.15) is 13.2 Å². The Balaban J connectivity index is 1.81. The average Bonchev–Trinajstić information content (AvgIpc) is 2.73. The number of carbonyl (C=O) groups is 1. The molecule has 0 bridgehead atoms. The highest BCUT2D eigenvalue weighted by atomic mass is 19.4. The van der Waals surface area contributed by atoms with Crippen LogP contribution in [-0.2, 0) is 6.18 Å². The monoisotopic (exact) mass is 393 g/mol. The molecule has 4 aromatic rings. The van der Waals surface area contributed by atoms with Crippen molar-refractivity contribution >= 4 is 22.6 Å². The first-order valence-electron chi connectivity index (χ1n) is 8.72. The number of alkyl halides is 3. The zero-order valence-electron chi connectivity index (χ0n) is 14.9. The molecule has 0 aliphatic carbocycles. The summed E-state index contributed by atoms with van der Waals surface area (Å²) in [5, 5.41) is 3.32. The molecule has 0 saturated carbocycles. The molecule has 0 radical (unpaired) electrons. The van der Waals surface area contributed by atoms with Crippen molar-refractivity contribution in [1.29, 1.82) is 0 Å². The molecular weight excluding hydrogens is 379 g/mol. The molecule has 2 aromatic carbocycles. The van der Waals surface area contributed by atoms with E-state index in [-0.39, 0.29) is 16.8 Å². The molecule has 7 heteroatoms. The molecule has 0 atom stereocenters. The third-order valence-corrected chi connectivity index (χ3v) is 4.38. The quantitative estimate of drug-likeness (QED) is 0.495. The Hall–Kier alpha value is -3.74. The van der Waals surface area contributed by atoms with Crippen LogP contribution in [0.1, 0.15) is 15.9 Å². The zero-order chi connectivity index (χ0) is 20.4. The first-order chi connectivity index (χ1) is 13.9. The minimum Gasteiger partial charge on any atom is -0.306 e. The summed E-state index contributed by atoms with van der Waals surface area (Å²) in [6, 6.07) is 18.5. The number of aromatic nitrogens is 2. The van der Waals surface area contributed by atoms with Gasteiger partial charge in [-0.25, -0.2) is 9.97 Å². The second-order valence-electron chi connectivity index (χ2n) is 6.29. The second kappa shape index (κ2) is 7.35. The Morgan fingerprint density at radius 3 is 2.41 bits per heavy atom.